The maximum absolute atomic E-state index is 9.67. The molecule has 1 unspecified atom stereocenters. The van der Waals surface area contributed by atoms with Gasteiger partial charge in [-0.2, -0.15) is 0 Å². The lowest BCUT2D eigenvalue weighted by atomic mass is 10.2. The summed E-state index contributed by atoms with van der Waals surface area (Å²) in [5.74, 6) is 1.77. The highest BCUT2D eigenvalue weighted by molar-refractivity contribution is 7.99. The van der Waals surface area contributed by atoms with E-state index in [-0.39, 0.29) is 6.10 Å². The van der Waals surface area contributed by atoms with Crippen molar-refractivity contribution in [3.8, 4) is 0 Å². The molecule has 2 rings (SSSR count). The van der Waals surface area contributed by atoms with E-state index in [0.717, 1.165) is 23.9 Å². The van der Waals surface area contributed by atoms with E-state index >= 15 is 0 Å². The molecule has 5 nitrogen and oxygen atoms in total. The minimum atomic E-state index is -0.330. The number of nitrogens with one attached hydrogen (secondary N) is 1. The molecule has 0 bridgehead atoms. The summed E-state index contributed by atoms with van der Waals surface area (Å²) >= 11 is 1.60. The Labute approximate surface area is 106 Å². The van der Waals surface area contributed by atoms with Crippen LogP contribution in [0.15, 0.2) is 5.16 Å². The van der Waals surface area contributed by atoms with Gasteiger partial charge in [-0.25, -0.2) is 0 Å². The average molecular weight is 256 g/mol. The van der Waals surface area contributed by atoms with Crippen molar-refractivity contribution in [2.75, 3.05) is 19.3 Å². The number of aliphatic hydroxyl groups excluding tert-OH is 1. The van der Waals surface area contributed by atoms with Gasteiger partial charge >= 0.3 is 0 Å². The Hall–Kier alpha value is -0.590. The molecule has 96 valence electrons. The van der Waals surface area contributed by atoms with Gasteiger partial charge in [0.2, 0.25) is 0 Å². The van der Waals surface area contributed by atoms with E-state index < -0.39 is 0 Å². The molecule has 1 aliphatic heterocycles. The van der Waals surface area contributed by atoms with Gasteiger partial charge in [0.1, 0.15) is 5.82 Å². The minimum Gasteiger partial charge on any atom is -0.391 e. The molecule has 1 atom stereocenters. The summed E-state index contributed by atoms with van der Waals surface area (Å²) in [6.07, 6.45) is 4.40. The second-order valence-corrected chi connectivity index (χ2v) is 5.37. The first kappa shape index (κ1) is 12.9. The monoisotopic (exact) mass is 256 g/mol. The van der Waals surface area contributed by atoms with Crippen molar-refractivity contribution in [2.24, 2.45) is 0 Å². The second-order valence-electron chi connectivity index (χ2n) is 4.38. The first-order valence-electron chi connectivity index (χ1n) is 6.19. The van der Waals surface area contributed by atoms with E-state index in [4.69, 9.17) is 0 Å². The number of nitrogens with zero attached hydrogens (tertiary/aromatic N) is 3. The van der Waals surface area contributed by atoms with Crippen LogP contribution >= 0.6 is 11.8 Å². The molecule has 0 radical (unpaired) electrons. The highest BCUT2D eigenvalue weighted by atomic mass is 32.2. The molecule has 0 aliphatic carbocycles. The molecule has 0 saturated carbocycles. The van der Waals surface area contributed by atoms with Crippen molar-refractivity contribution < 1.29 is 5.11 Å². The average Bonchev–Trinajstić information content (AvgIpc) is 2.56. The summed E-state index contributed by atoms with van der Waals surface area (Å²) < 4.78 is 2.21. The number of aryl methyl sites for hydroxylation is 1. The number of aliphatic hydroxyl groups is 1. The summed E-state index contributed by atoms with van der Waals surface area (Å²) in [5, 5.41) is 22.0. The molecular formula is C11H20N4OS. The van der Waals surface area contributed by atoms with Crippen molar-refractivity contribution in [3.63, 3.8) is 0 Å². The Bertz CT molecular complexity index is 355. The van der Waals surface area contributed by atoms with Crippen molar-refractivity contribution >= 4 is 11.8 Å². The zero-order valence-corrected chi connectivity index (χ0v) is 11.0. The van der Waals surface area contributed by atoms with Crippen LogP contribution in [0, 0.1) is 0 Å². The van der Waals surface area contributed by atoms with Gasteiger partial charge in [-0.3, -0.25) is 0 Å². The van der Waals surface area contributed by atoms with Gasteiger partial charge in [0.05, 0.1) is 6.10 Å². The van der Waals surface area contributed by atoms with Crippen LogP contribution in [-0.2, 0) is 13.0 Å². The Morgan fingerprint density at radius 3 is 3.12 bits per heavy atom. The van der Waals surface area contributed by atoms with Crippen LogP contribution < -0.4 is 5.32 Å². The lowest BCUT2D eigenvalue weighted by Gasteiger charge is -2.10. The summed E-state index contributed by atoms with van der Waals surface area (Å²) in [4.78, 5) is 0. The third-order valence-electron chi connectivity index (χ3n) is 2.92. The lowest BCUT2D eigenvalue weighted by molar-refractivity contribution is 0.199. The number of likely N-dealkylation sites (N-methyl/N-ethyl adjacent to an activating group) is 1. The van der Waals surface area contributed by atoms with Crippen molar-refractivity contribution in [1.82, 2.24) is 20.1 Å². The number of hydrogen-bond donors (Lipinski definition) is 2. The topological polar surface area (TPSA) is 63.0 Å². The van der Waals surface area contributed by atoms with Gasteiger partial charge in [0.25, 0.3) is 0 Å². The fourth-order valence-corrected chi connectivity index (χ4v) is 2.94. The SMILES string of the molecule is CNCC(O)CSc1nnc2n1CCCCC2. The van der Waals surface area contributed by atoms with Crippen LogP contribution in [0.2, 0.25) is 0 Å². The molecule has 6 heteroatoms. The van der Waals surface area contributed by atoms with Gasteiger partial charge in [0, 0.05) is 25.3 Å². The smallest absolute Gasteiger partial charge is 0.191 e. The Morgan fingerprint density at radius 1 is 1.41 bits per heavy atom. The number of fused-ring (bicyclic) bond motifs is 1. The largest absolute Gasteiger partial charge is 0.391 e. The van der Waals surface area contributed by atoms with Crippen LogP contribution in [0.3, 0.4) is 0 Å². The predicted octanol–water partition coefficient (Wildman–Crippen LogP) is 0.677. The van der Waals surface area contributed by atoms with Crippen LogP contribution in [0.4, 0.5) is 0 Å². The van der Waals surface area contributed by atoms with Crippen molar-refractivity contribution in [2.45, 2.75) is 43.5 Å². The first-order valence-corrected chi connectivity index (χ1v) is 7.17. The van der Waals surface area contributed by atoms with E-state index in [1.54, 1.807) is 11.8 Å². The molecule has 2 N–H and O–H groups in total. The van der Waals surface area contributed by atoms with Crippen molar-refractivity contribution in [3.05, 3.63) is 5.82 Å². The number of aromatic nitrogens is 3. The minimum absolute atomic E-state index is 0.330. The molecule has 1 aromatic rings. The van der Waals surface area contributed by atoms with E-state index in [9.17, 15) is 5.11 Å². The van der Waals surface area contributed by atoms with Gasteiger partial charge in [-0.1, -0.05) is 18.2 Å². The van der Waals surface area contributed by atoms with Crippen LogP contribution in [0.25, 0.3) is 0 Å². The third kappa shape index (κ3) is 3.43. The standard InChI is InChI=1S/C11H20N4OS/c1-12-7-9(16)8-17-11-14-13-10-5-3-2-4-6-15(10)11/h9,12,16H,2-8H2,1H3. The fourth-order valence-electron chi connectivity index (χ4n) is 2.03. The third-order valence-corrected chi connectivity index (χ3v) is 4.03. The molecule has 2 heterocycles. The number of thioether (sulfide) groups is 1. The zero-order chi connectivity index (χ0) is 12.1. The Kier molecular flexibility index (Phi) is 4.82. The molecular weight excluding hydrogens is 236 g/mol. The molecule has 0 amide bonds. The summed E-state index contributed by atoms with van der Waals surface area (Å²) in [7, 11) is 1.84. The molecule has 0 fully saturated rings. The normalized spacial score (nSPS) is 17.5. The van der Waals surface area contributed by atoms with E-state index in [1.807, 2.05) is 7.05 Å². The second kappa shape index (κ2) is 6.37. The summed E-state index contributed by atoms with van der Waals surface area (Å²) in [6.45, 7) is 1.64. The highest BCUT2D eigenvalue weighted by Crippen LogP contribution is 2.22. The maximum Gasteiger partial charge on any atom is 0.191 e. The molecule has 17 heavy (non-hydrogen) atoms. The quantitative estimate of drug-likeness (QED) is 0.759. The summed E-state index contributed by atoms with van der Waals surface area (Å²) in [5.41, 5.74) is 0. The molecule has 0 saturated heterocycles. The van der Waals surface area contributed by atoms with Crippen LogP contribution in [-0.4, -0.2) is 45.3 Å². The van der Waals surface area contributed by atoms with E-state index in [1.165, 1.54) is 19.3 Å². The maximum atomic E-state index is 9.67. The van der Waals surface area contributed by atoms with E-state index in [2.05, 4.69) is 20.1 Å². The number of hydrogen-bond acceptors (Lipinski definition) is 5. The molecule has 1 aliphatic rings. The van der Waals surface area contributed by atoms with E-state index in [0.29, 0.717) is 12.3 Å². The zero-order valence-electron chi connectivity index (χ0n) is 10.2. The van der Waals surface area contributed by atoms with Gasteiger partial charge < -0.3 is 15.0 Å². The van der Waals surface area contributed by atoms with Gasteiger partial charge in [-0.05, 0) is 19.9 Å². The highest BCUT2D eigenvalue weighted by Gasteiger charge is 2.15. The van der Waals surface area contributed by atoms with Gasteiger partial charge in [-0.15, -0.1) is 10.2 Å². The lowest BCUT2D eigenvalue weighted by Crippen LogP contribution is -2.25. The molecule has 0 spiro atoms. The summed E-state index contributed by atoms with van der Waals surface area (Å²) in [6, 6.07) is 0. The van der Waals surface area contributed by atoms with Crippen LogP contribution in [0.5, 0.6) is 0 Å². The predicted molar refractivity (Wildman–Crippen MR) is 68.2 cm³/mol. The molecule has 1 aromatic heterocycles. The van der Waals surface area contributed by atoms with Crippen molar-refractivity contribution in [1.29, 1.82) is 0 Å². The van der Waals surface area contributed by atoms with Gasteiger partial charge in [0.15, 0.2) is 5.16 Å². The number of rotatable bonds is 5. The first-order chi connectivity index (χ1) is 8.31. The molecule has 0 aromatic carbocycles. The van der Waals surface area contributed by atoms with Crippen LogP contribution in [0.1, 0.15) is 25.1 Å². The fraction of sp³-hybridized carbons (Fsp3) is 0.818. The Balaban J connectivity index is 1.94. The Morgan fingerprint density at radius 2 is 2.29 bits per heavy atom.